The molecule has 1 heterocycles. The number of guanidine groups is 1. The number of amides is 1. The number of rotatable bonds is 8. The molecular weight excluding hydrogens is 413 g/mol. The highest BCUT2D eigenvalue weighted by molar-refractivity contribution is 14.0. The molecule has 0 bridgehead atoms. The Labute approximate surface area is 153 Å². The molecule has 0 aliphatic rings. The molecule has 1 amide bonds. The van der Waals surface area contributed by atoms with Crippen molar-refractivity contribution in [2.45, 2.75) is 12.8 Å². The Balaban J connectivity index is 0.00000441. The van der Waals surface area contributed by atoms with Gasteiger partial charge in [0.15, 0.2) is 5.96 Å². The van der Waals surface area contributed by atoms with Gasteiger partial charge < -0.3 is 16.0 Å². The summed E-state index contributed by atoms with van der Waals surface area (Å²) in [5, 5.41) is 8.92. The number of nitrogens with one attached hydrogen (secondary N) is 3. The van der Waals surface area contributed by atoms with Gasteiger partial charge in [-0.2, -0.15) is 11.8 Å². The summed E-state index contributed by atoms with van der Waals surface area (Å²) >= 11 is 1.85. The zero-order valence-corrected chi connectivity index (χ0v) is 16.1. The summed E-state index contributed by atoms with van der Waals surface area (Å²) in [5.41, 5.74) is 0.685. The van der Waals surface area contributed by atoms with Crippen molar-refractivity contribution in [2.24, 2.45) is 4.99 Å². The molecule has 8 heteroatoms. The average Bonchev–Trinajstić information content (AvgIpc) is 2.51. The highest BCUT2D eigenvalue weighted by atomic mass is 127. The maximum absolute atomic E-state index is 11.8. The van der Waals surface area contributed by atoms with Crippen molar-refractivity contribution in [1.29, 1.82) is 0 Å². The van der Waals surface area contributed by atoms with Crippen LogP contribution in [0.2, 0.25) is 0 Å². The van der Waals surface area contributed by atoms with Gasteiger partial charge in [-0.1, -0.05) is 0 Å². The Bertz CT molecular complexity index is 444. The number of aliphatic imine (C=N–C) groups is 1. The molecule has 0 aromatic carbocycles. The lowest BCUT2D eigenvalue weighted by Gasteiger charge is -2.11. The number of carbonyl (C=O) groups is 1. The molecule has 0 aliphatic heterocycles. The molecule has 1 aromatic heterocycles. The van der Waals surface area contributed by atoms with Crippen LogP contribution in [-0.2, 0) is 4.79 Å². The van der Waals surface area contributed by atoms with Gasteiger partial charge in [0.2, 0.25) is 5.91 Å². The van der Waals surface area contributed by atoms with Gasteiger partial charge in [0.1, 0.15) is 0 Å². The molecule has 22 heavy (non-hydrogen) atoms. The van der Waals surface area contributed by atoms with E-state index >= 15 is 0 Å². The summed E-state index contributed by atoms with van der Waals surface area (Å²) in [5.74, 6) is 1.68. The van der Waals surface area contributed by atoms with Crippen LogP contribution in [0.5, 0.6) is 0 Å². The Kier molecular flexibility index (Phi) is 13.0. The number of hydrogen-bond donors (Lipinski definition) is 3. The predicted octanol–water partition coefficient (Wildman–Crippen LogP) is 1.95. The lowest BCUT2D eigenvalue weighted by Crippen LogP contribution is -2.41. The van der Waals surface area contributed by atoms with Gasteiger partial charge in [-0.15, -0.1) is 24.0 Å². The van der Waals surface area contributed by atoms with Gasteiger partial charge >= 0.3 is 0 Å². The fraction of sp³-hybridized carbons (Fsp3) is 0.500. The molecule has 0 saturated heterocycles. The number of anilines is 1. The highest BCUT2D eigenvalue weighted by Crippen LogP contribution is 2.01. The van der Waals surface area contributed by atoms with Crippen molar-refractivity contribution in [3.8, 4) is 0 Å². The van der Waals surface area contributed by atoms with E-state index in [2.05, 4.69) is 32.2 Å². The van der Waals surface area contributed by atoms with E-state index in [9.17, 15) is 4.79 Å². The monoisotopic (exact) mass is 437 g/mol. The average molecular weight is 437 g/mol. The minimum absolute atomic E-state index is 0. The van der Waals surface area contributed by atoms with Crippen molar-refractivity contribution in [3.63, 3.8) is 0 Å². The number of thioether (sulfide) groups is 1. The van der Waals surface area contributed by atoms with Crippen LogP contribution in [-0.4, -0.2) is 49.0 Å². The van der Waals surface area contributed by atoms with Crippen LogP contribution in [0.4, 0.5) is 5.69 Å². The largest absolute Gasteiger partial charge is 0.356 e. The number of nitrogens with zero attached hydrogens (tertiary/aromatic N) is 2. The molecule has 1 rings (SSSR count). The normalized spacial score (nSPS) is 10.5. The van der Waals surface area contributed by atoms with Crippen LogP contribution in [0.15, 0.2) is 29.5 Å². The second-order valence-corrected chi connectivity index (χ2v) is 5.33. The van der Waals surface area contributed by atoms with Crippen molar-refractivity contribution in [2.75, 3.05) is 37.5 Å². The Morgan fingerprint density at radius 2 is 2.18 bits per heavy atom. The number of hydrogen-bond acceptors (Lipinski definition) is 4. The maximum atomic E-state index is 11.8. The van der Waals surface area contributed by atoms with Gasteiger partial charge in [0, 0.05) is 19.8 Å². The SMILES string of the molecule is CN=C(NCCCCSC)NCC(=O)Nc1cccnc1.I. The molecule has 1 aromatic rings. The number of pyridine rings is 1. The fourth-order valence-electron chi connectivity index (χ4n) is 1.60. The predicted molar refractivity (Wildman–Crippen MR) is 105 cm³/mol. The summed E-state index contributed by atoms with van der Waals surface area (Å²) in [6, 6.07) is 3.57. The number of aromatic nitrogens is 1. The van der Waals surface area contributed by atoms with Crippen LogP contribution in [0.1, 0.15) is 12.8 Å². The second kappa shape index (κ2) is 13.6. The van der Waals surface area contributed by atoms with Crippen LogP contribution < -0.4 is 16.0 Å². The van der Waals surface area contributed by atoms with Gasteiger partial charge in [-0.3, -0.25) is 14.8 Å². The van der Waals surface area contributed by atoms with E-state index < -0.39 is 0 Å². The van der Waals surface area contributed by atoms with Crippen molar-refractivity contribution in [3.05, 3.63) is 24.5 Å². The summed E-state index contributed by atoms with van der Waals surface area (Å²) < 4.78 is 0. The molecule has 3 N–H and O–H groups in total. The minimum atomic E-state index is -0.131. The number of unbranched alkanes of at least 4 members (excludes halogenated alkanes) is 1. The lowest BCUT2D eigenvalue weighted by atomic mass is 10.3. The zero-order valence-electron chi connectivity index (χ0n) is 13.0. The van der Waals surface area contributed by atoms with Crippen molar-refractivity contribution in [1.82, 2.24) is 15.6 Å². The van der Waals surface area contributed by atoms with Crippen LogP contribution in [0.25, 0.3) is 0 Å². The first kappa shape index (κ1) is 21.0. The third kappa shape index (κ3) is 9.82. The molecule has 0 atom stereocenters. The Hall–Kier alpha value is -1.03. The summed E-state index contributed by atoms with van der Waals surface area (Å²) in [6.07, 6.45) is 7.64. The van der Waals surface area contributed by atoms with Crippen LogP contribution >= 0.6 is 35.7 Å². The molecule has 0 radical (unpaired) electrons. The van der Waals surface area contributed by atoms with E-state index in [-0.39, 0.29) is 36.4 Å². The summed E-state index contributed by atoms with van der Waals surface area (Å²) in [4.78, 5) is 19.8. The third-order valence-electron chi connectivity index (χ3n) is 2.65. The molecule has 0 aliphatic carbocycles. The van der Waals surface area contributed by atoms with Gasteiger partial charge in [0.05, 0.1) is 18.4 Å². The molecule has 0 fully saturated rings. The smallest absolute Gasteiger partial charge is 0.243 e. The minimum Gasteiger partial charge on any atom is -0.356 e. The van der Waals surface area contributed by atoms with Gasteiger partial charge in [-0.25, -0.2) is 0 Å². The molecule has 6 nitrogen and oxygen atoms in total. The molecular formula is C14H24IN5OS. The van der Waals surface area contributed by atoms with Crippen LogP contribution in [0.3, 0.4) is 0 Å². The van der Waals surface area contributed by atoms with E-state index in [1.807, 2.05) is 11.8 Å². The molecule has 124 valence electrons. The van der Waals surface area contributed by atoms with E-state index in [0.29, 0.717) is 11.6 Å². The number of carbonyl (C=O) groups excluding carboxylic acids is 1. The van der Waals surface area contributed by atoms with Crippen LogP contribution in [0, 0.1) is 0 Å². The first-order chi connectivity index (χ1) is 10.3. The zero-order chi connectivity index (χ0) is 15.3. The first-order valence-electron chi connectivity index (χ1n) is 6.89. The number of halogens is 1. The topological polar surface area (TPSA) is 78.4 Å². The molecule has 0 unspecified atom stereocenters. The second-order valence-electron chi connectivity index (χ2n) is 4.34. The van der Waals surface area contributed by atoms with E-state index in [0.717, 1.165) is 13.0 Å². The van der Waals surface area contributed by atoms with Gasteiger partial charge in [0.25, 0.3) is 0 Å². The quantitative estimate of drug-likeness (QED) is 0.251. The first-order valence-corrected chi connectivity index (χ1v) is 8.29. The van der Waals surface area contributed by atoms with Crippen molar-refractivity contribution >= 4 is 53.3 Å². The standard InChI is InChI=1S/C14H23N5OS.HI/c1-15-14(17-8-3-4-9-21-2)18-11-13(20)19-12-6-5-7-16-10-12;/h5-7,10H,3-4,8-9,11H2,1-2H3,(H,19,20)(H2,15,17,18);1H. The maximum Gasteiger partial charge on any atom is 0.243 e. The van der Waals surface area contributed by atoms with E-state index in [1.54, 1.807) is 31.6 Å². The van der Waals surface area contributed by atoms with Gasteiger partial charge in [-0.05, 0) is 37.0 Å². The summed E-state index contributed by atoms with van der Waals surface area (Å²) in [7, 11) is 1.69. The third-order valence-corrected chi connectivity index (χ3v) is 3.35. The lowest BCUT2D eigenvalue weighted by molar-refractivity contribution is -0.115. The van der Waals surface area contributed by atoms with Crippen molar-refractivity contribution < 1.29 is 4.79 Å². The Morgan fingerprint density at radius 3 is 2.82 bits per heavy atom. The summed E-state index contributed by atoms with van der Waals surface area (Å²) in [6.45, 7) is 1.02. The molecule has 0 saturated carbocycles. The molecule has 0 spiro atoms. The van der Waals surface area contributed by atoms with E-state index in [1.165, 1.54) is 12.2 Å². The van der Waals surface area contributed by atoms with E-state index in [4.69, 9.17) is 0 Å². The Morgan fingerprint density at radius 1 is 1.36 bits per heavy atom. The fourth-order valence-corrected chi connectivity index (χ4v) is 2.10. The highest BCUT2D eigenvalue weighted by Gasteiger charge is 2.03.